The minimum atomic E-state index is -0.0291. The molecule has 1 aromatic carbocycles. The summed E-state index contributed by atoms with van der Waals surface area (Å²) in [5.41, 5.74) is 3.99. The number of pyridine rings is 1. The number of ether oxygens (including phenoxy) is 1. The highest BCUT2D eigenvalue weighted by Gasteiger charge is 2.23. The molecule has 1 aliphatic rings. The third kappa shape index (κ3) is 4.24. The Kier molecular flexibility index (Phi) is 5.76. The first-order valence-corrected chi connectivity index (χ1v) is 10.1. The molecule has 1 atom stereocenters. The molecule has 1 aliphatic heterocycles. The summed E-state index contributed by atoms with van der Waals surface area (Å²) < 4.78 is 7.28. The molecular formula is C22H27N5O2. The fourth-order valence-corrected chi connectivity index (χ4v) is 3.96. The van der Waals surface area contributed by atoms with Gasteiger partial charge in [-0.05, 0) is 38.1 Å². The van der Waals surface area contributed by atoms with E-state index in [2.05, 4.69) is 21.7 Å². The van der Waals surface area contributed by atoms with Gasteiger partial charge in [-0.2, -0.15) is 5.10 Å². The van der Waals surface area contributed by atoms with Gasteiger partial charge in [-0.15, -0.1) is 0 Å². The Bertz CT molecular complexity index is 1010. The van der Waals surface area contributed by atoms with Gasteiger partial charge in [-0.1, -0.05) is 17.7 Å². The predicted octanol–water partition coefficient (Wildman–Crippen LogP) is 2.18. The summed E-state index contributed by atoms with van der Waals surface area (Å²) in [6.07, 6.45) is 3.18. The zero-order valence-corrected chi connectivity index (χ0v) is 16.9. The number of nitrogens with one attached hydrogen (secondary N) is 2. The summed E-state index contributed by atoms with van der Waals surface area (Å²) >= 11 is 0. The van der Waals surface area contributed by atoms with E-state index in [0.29, 0.717) is 25.4 Å². The summed E-state index contributed by atoms with van der Waals surface area (Å²) in [6, 6.07) is 9.91. The highest BCUT2D eigenvalue weighted by Crippen LogP contribution is 2.27. The zero-order chi connectivity index (χ0) is 20.2. The average molecular weight is 393 g/mol. The van der Waals surface area contributed by atoms with E-state index in [1.54, 1.807) is 13.3 Å². The molecule has 1 fully saturated rings. The van der Waals surface area contributed by atoms with Crippen LogP contribution in [0.3, 0.4) is 0 Å². The van der Waals surface area contributed by atoms with Gasteiger partial charge in [0.05, 0.1) is 25.8 Å². The van der Waals surface area contributed by atoms with Crippen LogP contribution in [0.15, 0.2) is 36.5 Å². The van der Waals surface area contributed by atoms with Gasteiger partial charge in [-0.25, -0.2) is 9.67 Å². The van der Waals surface area contributed by atoms with Crippen molar-refractivity contribution in [2.24, 2.45) is 0 Å². The van der Waals surface area contributed by atoms with E-state index < -0.39 is 0 Å². The number of aromatic nitrogens is 3. The first-order chi connectivity index (χ1) is 14.2. The van der Waals surface area contributed by atoms with Gasteiger partial charge < -0.3 is 15.4 Å². The lowest BCUT2D eigenvalue weighted by Gasteiger charge is -2.10. The SMILES string of the molecule is COc1ccc(C)cc1CC(=O)NCCn1nc([C@H]2CCNC2)c2cccnc21. The van der Waals surface area contributed by atoms with Crippen molar-refractivity contribution in [3.63, 3.8) is 0 Å². The fraction of sp³-hybridized carbons (Fsp3) is 0.409. The van der Waals surface area contributed by atoms with Crippen LogP contribution in [0.5, 0.6) is 5.75 Å². The molecule has 7 heteroatoms. The number of carbonyl (C=O) groups is 1. The maximum absolute atomic E-state index is 12.4. The van der Waals surface area contributed by atoms with Crippen LogP contribution in [-0.2, 0) is 17.8 Å². The van der Waals surface area contributed by atoms with Crippen LogP contribution in [-0.4, -0.2) is 47.4 Å². The summed E-state index contributed by atoms with van der Waals surface area (Å²) in [7, 11) is 1.62. The molecule has 0 radical (unpaired) electrons. The first kappa shape index (κ1) is 19.4. The Morgan fingerprint density at radius 3 is 3.07 bits per heavy atom. The fourth-order valence-electron chi connectivity index (χ4n) is 3.96. The Morgan fingerprint density at radius 1 is 1.38 bits per heavy atom. The molecule has 4 rings (SSSR count). The molecule has 0 aliphatic carbocycles. The zero-order valence-electron chi connectivity index (χ0n) is 16.9. The monoisotopic (exact) mass is 393 g/mol. The van der Waals surface area contributed by atoms with Crippen LogP contribution >= 0.6 is 0 Å². The van der Waals surface area contributed by atoms with Gasteiger partial charge in [-0.3, -0.25) is 4.79 Å². The molecule has 0 unspecified atom stereocenters. The highest BCUT2D eigenvalue weighted by molar-refractivity contribution is 5.80. The maximum atomic E-state index is 12.4. The molecule has 2 N–H and O–H groups in total. The summed E-state index contributed by atoms with van der Waals surface area (Å²) in [4.78, 5) is 17.0. The lowest BCUT2D eigenvalue weighted by atomic mass is 10.0. The van der Waals surface area contributed by atoms with Crippen molar-refractivity contribution in [1.82, 2.24) is 25.4 Å². The van der Waals surface area contributed by atoms with Gasteiger partial charge in [0.15, 0.2) is 5.65 Å². The second kappa shape index (κ2) is 8.61. The number of fused-ring (bicyclic) bond motifs is 1. The van der Waals surface area contributed by atoms with E-state index >= 15 is 0 Å². The van der Waals surface area contributed by atoms with Crippen molar-refractivity contribution in [2.75, 3.05) is 26.7 Å². The number of methoxy groups -OCH3 is 1. The molecule has 29 heavy (non-hydrogen) atoms. The topological polar surface area (TPSA) is 81.1 Å². The minimum Gasteiger partial charge on any atom is -0.496 e. The van der Waals surface area contributed by atoms with E-state index in [-0.39, 0.29) is 5.91 Å². The second-order valence-electron chi connectivity index (χ2n) is 7.51. The molecule has 1 amide bonds. The van der Waals surface area contributed by atoms with Crippen LogP contribution in [0.25, 0.3) is 11.0 Å². The first-order valence-electron chi connectivity index (χ1n) is 10.1. The van der Waals surface area contributed by atoms with Crippen molar-refractivity contribution in [3.05, 3.63) is 53.3 Å². The van der Waals surface area contributed by atoms with Gasteiger partial charge in [0.2, 0.25) is 5.91 Å². The molecule has 2 aromatic heterocycles. The number of hydrogen-bond acceptors (Lipinski definition) is 5. The third-order valence-electron chi connectivity index (χ3n) is 5.42. The third-order valence-corrected chi connectivity index (χ3v) is 5.42. The maximum Gasteiger partial charge on any atom is 0.224 e. The Hall–Kier alpha value is -2.93. The van der Waals surface area contributed by atoms with Gasteiger partial charge in [0, 0.05) is 36.2 Å². The molecule has 152 valence electrons. The quantitative estimate of drug-likeness (QED) is 0.643. The summed E-state index contributed by atoms with van der Waals surface area (Å²) in [5.74, 6) is 1.13. The molecule has 0 saturated carbocycles. The van der Waals surface area contributed by atoms with E-state index in [9.17, 15) is 4.79 Å². The molecule has 3 aromatic rings. The number of rotatable bonds is 7. The van der Waals surface area contributed by atoms with E-state index in [1.165, 1.54) is 0 Å². The average Bonchev–Trinajstić information content (AvgIpc) is 3.36. The van der Waals surface area contributed by atoms with Crippen LogP contribution in [0.1, 0.15) is 29.2 Å². The smallest absolute Gasteiger partial charge is 0.224 e. The predicted molar refractivity (Wildman–Crippen MR) is 112 cm³/mol. The summed E-state index contributed by atoms with van der Waals surface area (Å²) in [5, 5.41) is 12.3. The lowest BCUT2D eigenvalue weighted by molar-refractivity contribution is -0.120. The van der Waals surface area contributed by atoms with Crippen molar-refractivity contribution in [2.45, 2.75) is 32.2 Å². The van der Waals surface area contributed by atoms with E-state index in [4.69, 9.17) is 9.84 Å². The summed E-state index contributed by atoms with van der Waals surface area (Å²) in [6.45, 7) is 5.08. The van der Waals surface area contributed by atoms with E-state index in [1.807, 2.05) is 35.9 Å². The number of carbonyl (C=O) groups excluding carboxylic acids is 1. The standard InChI is InChI=1S/C22H27N5O2/c1-15-5-6-19(29-2)17(12-15)13-20(28)24-10-11-27-22-18(4-3-8-25-22)21(26-27)16-7-9-23-14-16/h3-6,8,12,16,23H,7,9-11,13-14H2,1-2H3,(H,24,28)/t16-/m0/s1. The largest absolute Gasteiger partial charge is 0.496 e. The van der Waals surface area contributed by atoms with Crippen molar-refractivity contribution in [1.29, 1.82) is 0 Å². The molecule has 1 saturated heterocycles. The number of amides is 1. The second-order valence-corrected chi connectivity index (χ2v) is 7.51. The van der Waals surface area contributed by atoms with Crippen LogP contribution in [0.4, 0.5) is 0 Å². The highest BCUT2D eigenvalue weighted by atomic mass is 16.5. The molecular weight excluding hydrogens is 366 g/mol. The normalized spacial score (nSPS) is 16.3. The lowest BCUT2D eigenvalue weighted by Crippen LogP contribution is -2.29. The van der Waals surface area contributed by atoms with E-state index in [0.717, 1.165) is 53.1 Å². The van der Waals surface area contributed by atoms with Gasteiger partial charge in [0.25, 0.3) is 0 Å². The molecule has 0 bridgehead atoms. The van der Waals surface area contributed by atoms with Gasteiger partial charge >= 0.3 is 0 Å². The number of nitrogens with zero attached hydrogens (tertiary/aromatic N) is 3. The molecule has 3 heterocycles. The molecule has 0 spiro atoms. The minimum absolute atomic E-state index is 0.0291. The Morgan fingerprint density at radius 2 is 2.28 bits per heavy atom. The van der Waals surface area contributed by atoms with Crippen molar-refractivity contribution >= 4 is 16.9 Å². The van der Waals surface area contributed by atoms with Crippen molar-refractivity contribution < 1.29 is 9.53 Å². The van der Waals surface area contributed by atoms with Gasteiger partial charge in [0.1, 0.15) is 5.75 Å². The van der Waals surface area contributed by atoms with Crippen LogP contribution in [0, 0.1) is 6.92 Å². The van der Waals surface area contributed by atoms with Crippen molar-refractivity contribution in [3.8, 4) is 5.75 Å². The Balaban J connectivity index is 1.41. The number of benzene rings is 1. The molecule has 7 nitrogen and oxygen atoms in total. The van der Waals surface area contributed by atoms with Crippen LogP contribution in [0.2, 0.25) is 0 Å². The Labute approximate surface area is 170 Å². The van der Waals surface area contributed by atoms with Crippen LogP contribution < -0.4 is 15.4 Å². The number of hydrogen-bond donors (Lipinski definition) is 2. The number of aryl methyl sites for hydroxylation is 1.